The Hall–Kier alpha value is -2.09. The van der Waals surface area contributed by atoms with Gasteiger partial charge < -0.3 is 10.1 Å². The van der Waals surface area contributed by atoms with E-state index in [1.165, 1.54) is 29.1 Å². The Kier molecular flexibility index (Phi) is 6.82. The van der Waals surface area contributed by atoms with E-state index in [2.05, 4.69) is 12.2 Å². The van der Waals surface area contributed by atoms with Crippen LogP contribution >= 0.6 is 11.6 Å². The van der Waals surface area contributed by atoms with Gasteiger partial charge in [0.05, 0.1) is 17.0 Å². The van der Waals surface area contributed by atoms with Crippen molar-refractivity contribution >= 4 is 33.2 Å². The number of halogens is 1. The van der Waals surface area contributed by atoms with Crippen molar-refractivity contribution in [3.63, 3.8) is 0 Å². The Morgan fingerprint density at radius 2 is 1.83 bits per heavy atom. The van der Waals surface area contributed by atoms with Gasteiger partial charge in [-0.15, -0.1) is 0 Å². The number of anilines is 1. The molecule has 1 heterocycles. The normalized spacial score (nSPS) is 15.8. The number of ether oxygens (including phenoxy) is 1. The monoisotopic (exact) mass is 436 g/mol. The Labute approximate surface area is 176 Å². The molecule has 1 saturated heterocycles. The van der Waals surface area contributed by atoms with Crippen LogP contribution in [0.25, 0.3) is 0 Å². The smallest absolute Gasteiger partial charge is 0.243 e. The minimum absolute atomic E-state index is 0.0706. The zero-order valence-electron chi connectivity index (χ0n) is 16.5. The molecule has 0 bridgehead atoms. The van der Waals surface area contributed by atoms with Gasteiger partial charge >= 0.3 is 0 Å². The van der Waals surface area contributed by atoms with Gasteiger partial charge in [0.2, 0.25) is 15.9 Å². The van der Waals surface area contributed by atoms with E-state index in [9.17, 15) is 13.2 Å². The first kappa shape index (κ1) is 21.6. The van der Waals surface area contributed by atoms with Crippen molar-refractivity contribution in [2.45, 2.75) is 31.1 Å². The van der Waals surface area contributed by atoms with Crippen LogP contribution in [0.3, 0.4) is 0 Å². The van der Waals surface area contributed by atoms with Gasteiger partial charge in [0.15, 0.2) is 0 Å². The van der Waals surface area contributed by atoms with Crippen LogP contribution in [0.5, 0.6) is 5.75 Å². The Morgan fingerprint density at radius 3 is 2.38 bits per heavy atom. The van der Waals surface area contributed by atoms with E-state index in [4.69, 9.17) is 16.3 Å². The minimum atomic E-state index is -3.66. The molecular formula is C21H25ClN2O4S. The summed E-state index contributed by atoms with van der Waals surface area (Å²) in [6.07, 6.45) is 1.89. The van der Waals surface area contributed by atoms with Crippen LogP contribution in [-0.4, -0.2) is 38.8 Å². The second-order valence-electron chi connectivity index (χ2n) is 7.01. The third-order valence-electron chi connectivity index (χ3n) is 5.22. The average molecular weight is 437 g/mol. The molecule has 1 aliphatic rings. The lowest BCUT2D eigenvalue weighted by Crippen LogP contribution is -2.41. The summed E-state index contributed by atoms with van der Waals surface area (Å²) in [7, 11) is -2.19. The number of carbonyl (C=O) groups excluding carboxylic acids is 1. The highest BCUT2D eigenvalue weighted by Gasteiger charge is 2.32. The van der Waals surface area contributed by atoms with Gasteiger partial charge in [0, 0.05) is 24.7 Å². The van der Waals surface area contributed by atoms with Crippen molar-refractivity contribution < 1.29 is 17.9 Å². The van der Waals surface area contributed by atoms with Crippen LogP contribution in [-0.2, 0) is 21.2 Å². The summed E-state index contributed by atoms with van der Waals surface area (Å²) < 4.78 is 32.3. The number of nitrogens with one attached hydrogen (secondary N) is 1. The predicted molar refractivity (Wildman–Crippen MR) is 114 cm³/mol. The third-order valence-corrected chi connectivity index (χ3v) is 7.41. The lowest BCUT2D eigenvalue weighted by Gasteiger charge is -2.30. The highest BCUT2D eigenvalue weighted by atomic mass is 35.5. The predicted octanol–water partition coefficient (Wildman–Crippen LogP) is 3.95. The first-order valence-corrected chi connectivity index (χ1v) is 11.4. The molecule has 29 heavy (non-hydrogen) atoms. The summed E-state index contributed by atoms with van der Waals surface area (Å²) in [5.41, 5.74) is 1.97. The number of sulfonamides is 1. The molecular weight excluding hydrogens is 412 g/mol. The fourth-order valence-electron chi connectivity index (χ4n) is 3.38. The largest absolute Gasteiger partial charge is 0.495 e. The van der Waals surface area contributed by atoms with E-state index < -0.39 is 10.0 Å². The molecule has 1 N–H and O–H groups in total. The van der Waals surface area contributed by atoms with Crippen molar-refractivity contribution in [1.82, 2.24) is 4.31 Å². The van der Waals surface area contributed by atoms with Gasteiger partial charge in [0.25, 0.3) is 0 Å². The summed E-state index contributed by atoms with van der Waals surface area (Å²) in [5, 5.41) is 3.18. The molecule has 1 fully saturated rings. The second-order valence-corrected chi connectivity index (χ2v) is 9.36. The first-order chi connectivity index (χ1) is 13.8. The molecule has 2 aromatic carbocycles. The number of hydrogen-bond acceptors (Lipinski definition) is 4. The Morgan fingerprint density at radius 1 is 1.17 bits per heavy atom. The van der Waals surface area contributed by atoms with Crippen LogP contribution in [0.4, 0.5) is 5.69 Å². The molecule has 0 unspecified atom stereocenters. The van der Waals surface area contributed by atoms with Gasteiger partial charge in [-0.25, -0.2) is 8.42 Å². The molecule has 1 amide bonds. The van der Waals surface area contributed by atoms with Gasteiger partial charge in [-0.3, -0.25) is 4.79 Å². The van der Waals surface area contributed by atoms with Crippen molar-refractivity contribution in [2.75, 3.05) is 25.5 Å². The zero-order valence-corrected chi connectivity index (χ0v) is 18.1. The number of amides is 1. The van der Waals surface area contributed by atoms with Crippen LogP contribution in [0.15, 0.2) is 47.4 Å². The number of benzene rings is 2. The lowest BCUT2D eigenvalue weighted by atomic mass is 9.97. The quantitative estimate of drug-likeness (QED) is 0.743. The maximum absolute atomic E-state index is 12.9. The number of methoxy groups -OCH3 is 1. The fraction of sp³-hybridized carbons (Fsp3) is 0.381. The summed E-state index contributed by atoms with van der Waals surface area (Å²) in [6.45, 7) is 2.66. The summed E-state index contributed by atoms with van der Waals surface area (Å²) >= 11 is 6.07. The van der Waals surface area contributed by atoms with Gasteiger partial charge in [0.1, 0.15) is 5.75 Å². The van der Waals surface area contributed by atoms with Crippen LogP contribution < -0.4 is 10.1 Å². The molecule has 0 saturated carbocycles. The molecule has 8 heteroatoms. The molecule has 0 spiro atoms. The zero-order chi connectivity index (χ0) is 21.0. The van der Waals surface area contributed by atoms with Crippen LogP contribution in [0.1, 0.15) is 25.3 Å². The van der Waals surface area contributed by atoms with E-state index in [1.54, 1.807) is 6.07 Å². The first-order valence-electron chi connectivity index (χ1n) is 9.58. The number of nitrogens with zero attached hydrogens (tertiary/aromatic N) is 1. The number of rotatable bonds is 6. The maximum Gasteiger partial charge on any atom is 0.243 e. The van der Waals surface area contributed by atoms with Gasteiger partial charge in [-0.2, -0.15) is 4.31 Å². The van der Waals surface area contributed by atoms with Crippen molar-refractivity contribution in [3.8, 4) is 5.75 Å². The van der Waals surface area contributed by atoms with E-state index in [-0.39, 0.29) is 21.7 Å². The molecule has 156 valence electrons. The van der Waals surface area contributed by atoms with Gasteiger partial charge in [-0.05, 0) is 55.2 Å². The Balaban J connectivity index is 1.61. The topological polar surface area (TPSA) is 75.7 Å². The van der Waals surface area contributed by atoms with Crippen LogP contribution in [0, 0.1) is 5.92 Å². The highest BCUT2D eigenvalue weighted by molar-refractivity contribution is 7.89. The van der Waals surface area contributed by atoms with E-state index in [0.717, 1.165) is 12.1 Å². The number of aryl methyl sites for hydroxylation is 1. The van der Waals surface area contributed by atoms with E-state index in [0.29, 0.717) is 31.7 Å². The molecule has 0 aromatic heterocycles. The number of piperidine rings is 1. The molecule has 6 nitrogen and oxygen atoms in total. The number of hydrogen-bond donors (Lipinski definition) is 1. The molecule has 1 aliphatic heterocycles. The van der Waals surface area contributed by atoms with E-state index >= 15 is 0 Å². The second kappa shape index (κ2) is 9.15. The standard InChI is InChI=1S/C21H25ClN2O4S/c1-3-15-4-6-17(7-5-15)23-21(25)16-10-12-24(13-11-16)29(26,27)18-8-9-20(28-2)19(22)14-18/h4-9,14,16H,3,10-13H2,1-2H3,(H,23,25). The summed E-state index contributed by atoms with van der Waals surface area (Å²) in [5.74, 6) is 0.138. The molecule has 0 atom stereocenters. The van der Waals surface area contributed by atoms with Crippen molar-refractivity contribution in [3.05, 3.63) is 53.1 Å². The fourth-order valence-corrected chi connectivity index (χ4v) is 5.20. The SMILES string of the molecule is CCc1ccc(NC(=O)C2CCN(S(=O)(=O)c3ccc(OC)c(Cl)c3)CC2)cc1. The van der Waals surface area contributed by atoms with Crippen LogP contribution in [0.2, 0.25) is 5.02 Å². The third kappa shape index (κ3) is 4.91. The highest BCUT2D eigenvalue weighted by Crippen LogP contribution is 2.30. The molecule has 3 rings (SSSR count). The van der Waals surface area contributed by atoms with Crippen molar-refractivity contribution in [1.29, 1.82) is 0 Å². The summed E-state index contributed by atoms with van der Waals surface area (Å²) in [4.78, 5) is 12.7. The van der Waals surface area contributed by atoms with E-state index in [1.807, 2.05) is 24.3 Å². The summed E-state index contributed by atoms with van der Waals surface area (Å²) in [6, 6.07) is 12.2. The lowest BCUT2D eigenvalue weighted by molar-refractivity contribution is -0.120. The molecule has 0 aliphatic carbocycles. The maximum atomic E-state index is 12.9. The van der Waals surface area contributed by atoms with Crippen molar-refractivity contribution in [2.24, 2.45) is 5.92 Å². The number of carbonyl (C=O) groups is 1. The van der Waals surface area contributed by atoms with Gasteiger partial charge in [-0.1, -0.05) is 30.7 Å². The molecule has 2 aromatic rings. The molecule has 0 radical (unpaired) electrons. The average Bonchev–Trinajstić information content (AvgIpc) is 2.74. The Bertz CT molecular complexity index is 969. The minimum Gasteiger partial charge on any atom is -0.495 e.